The molecule has 1 saturated carbocycles. The van der Waals surface area contributed by atoms with E-state index < -0.39 is 0 Å². The molecule has 1 aliphatic carbocycles. The van der Waals surface area contributed by atoms with Crippen LogP contribution in [0.25, 0.3) is 0 Å². The molecule has 0 radical (unpaired) electrons. The third kappa shape index (κ3) is 5.25. The van der Waals surface area contributed by atoms with E-state index in [-0.39, 0.29) is 0 Å². The lowest BCUT2D eigenvalue weighted by Gasteiger charge is -2.36. The third-order valence-corrected chi connectivity index (χ3v) is 4.17. The standard InChI is InChI=1S/C15H31N3/c1-3-6-16-11-14(2)12-17-7-9-18(10-8-17)13-15-4-5-15/h14-16H,3-13H2,1-2H3. The van der Waals surface area contributed by atoms with E-state index in [4.69, 9.17) is 0 Å². The maximum absolute atomic E-state index is 3.53. The van der Waals surface area contributed by atoms with Crippen LogP contribution in [0.4, 0.5) is 0 Å². The summed E-state index contributed by atoms with van der Waals surface area (Å²) in [6.45, 7) is 14.8. The van der Waals surface area contributed by atoms with Gasteiger partial charge in [0.25, 0.3) is 0 Å². The van der Waals surface area contributed by atoms with Gasteiger partial charge in [-0.2, -0.15) is 0 Å². The van der Waals surface area contributed by atoms with Gasteiger partial charge in [-0.25, -0.2) is 0 Å². The van der Waals surface area contributed by atoms with Gasteiger partial charge in [-0.1, -0.05) is 13.8 Å². The number of hydrogen-bond donors (Lipinski definition) is 1. The van der Waals surface area contributed by atoms with Gasteiger partial charge in [0.05, 0.1) is 0 Å². The van der Waals surface area contributed by atoms with Crippen LogP contribution < -0.4 is 5.32 Å². The van der Waals surface area contributed by atoms with E-state index in [1.165, 1.54) is 71.6 Å². The second-order valence-corrected chi connectivity index (χ2v) is 6.35. The van der Waals surface area contributed by atoms with Gasteiger partial charge in [0, 0.05) is 39.3 Å². The molecule has 0 spiro atoms. The van der Waals surface area contributed by atoms with Crippen LogP contribution in [-0.4, -0.2) is 62.2 Å². The molecule has 2 fully saturated rings. The molecule has 1 aliphatic heterocycles. The quantitative estimate of drug-likeness (QED) is 0.664. The summed E-state index contributed by atoms with van der Waals surface area (Å²) in [6.07, 6.45) is 4.22. The Labute approximate surface area is 113 Å². The molecule has 0 aromatic rings. The summed E-state index contributed by atoms with van der Waals surface area (Å²) in [5.74, 6) is 1.83. The fraction of sp³-hybridized carbons (Fsp3) is 1.00. The van der Waals surface area contributed by atoms with Crippen LogP contribution in [0, 0.1) is 11.8 Å². The Morgan fingerprint density at radius 3 is 2.39 bits per heavy atom. The van der Waals surface area contributed by atoms with E-state index in [0.29, 0.717) is 0 Å². The molecule has 3 nitrogen and oxygen atoms in total. The summed E-state index contributed by atoms with van der Waals surface area (Å²) in [4.78, 5) is 5.33. The number of hydrogen-bond acceptors (Lipinski definition) is 3. The van der Waals surface area contributed by atoms with Crippen molar-refractivity contribution in [3.63, 3.8) is 0 Å². The van der Waals surface area contributed by atoms with Gasteiger partial charge in [-0.15, -0.1) is 0 Å². The Morgan fingerprint density at radius 1 is 1.11 bits per heavy atom. The predicted octanol–water partition coefficient (Wildman–Crippen LogP) is 1.65. The van der Waals surface area contributed by atoms with Crippen LogP contribution in [0.2, 0.25) is 0 Å². The smallest absolute Gasteiger partial charge is 0.0110 e. The average molecular weight is 253 g/mol. The second-order valence-electron chi connectivity index (χ2n) is 6.35. The van der Waals surface area contributed by atoms with Crippen molar-refractivity contribution >= 4 is 0 Å². The van der Waals surface area contributed by atoms with E-state index in [1.807, 2.05) is 0 Å². The Bertz CT molecular complexity index is 220. The van der Waals surface area contributed by atoms with Crippen molar-refractivity contribution in [3.05, 3.63) is 0 Å². The molecule has 1 atom stereocenters. The molecule has 1 saturated heterocycles. The molecule has 106 valence electrons. The van der Waals surface area contributed by atoms with Gasteiger partial charge in [-0.05, 0) is 44.2 Å². The lowest BCUT2D eigenvalue weighted by Crippen LogP contribution is -2.48. The van der Waals surface area contributed by atoms with Crippen molar-refractivity contribution in [3.8, 4) is 0 Å². The van der Waals surface area contributed by atoms with Crippen LogP contribution >= 0.6 is 0 Å². The van der Waals surface area contributed by atoms with Crippen molar-refractivity contribution in [1.82, 2.24) is 15.1 Å². The molecule has 0 bridgehead atoms. The Hall–Kier alpha value is -0.120. The molecule has 18 heavy (non-hydrogen) atoms. The van der Waals surface area contributed by atoms with Crippen molar-refractivity contribution < 1.29 is 0 Å². The summed E-state index contributed by atoms with van der Waals surface area (Å²) in [5.41, 5.74) is 0. The zero-order valence-electron chi connectivity index (χ0n) is 12.3. The Morgan fingerprint density at radius 2 is 1.78 bits per heavy atom. The van der Waals surface area contributed by atoms with Crippen molar-refractivity contribution in [2.45, 2.75) is 33.1 Å². The van der Waals surface area contributed by atoms with Gasteiger partial charge in [0.15, 0.2) is 0 Å². The van der Waals surface area contributed by atoms with Crippen LogP contribution in [0.5, 0.6) is 0 Å². The summed E-state index contributed by atoms with van der Waals surface area (Å²) in [7, 11) is 0. The molecular formula is C15H31N3. The maximum atomic E-state index is 3.53. The molecule has 1 unspecified atom stereocenters. The summed E-state index contributed by atoms with van der Waals surface area (Å²) in [5, 5.41) is 3.53. The number of nitrogens with one attached hydrogen (secondary N) is 1. The topological polar surface area (TPSA) is 18.5 Å². The summed E-state index contributed by atoms with van der Waals surface area (Å²) < 4.78 is 0. The Balaban J connectivity index is 1.54. The normalized spacial score (nSPS) is 24.3. The monoisotopic (exact) mass is 253 g/mol. The highest BCUT2D eigenvalue weighted by Gasteiger charge is 2.26. The Kier molecular flexibility index (Phi) is 5.93. The largest absolute Gasteiger partial charge is 0.316 e. The second kappa shape index (κ2) is 7.46. The third-order valence-electron chi connectivity index (χ3n) is 4.17. The minimum atomic E-state index is 0.784. The highest BCUT2D eigenvalue weighted by Crippen LogP contribution is 2.29. The van der Waals surface area contributed by atoms with Gasteiger partial charge < -0.3 is 15.1 Å². The molecule has 0 amide bonds. The van der Waals surface area contributed by atoms with Crippen molar-refractivity contribution in [1.29, 1.82) is 0 Å². The predicted molar refractivity (Wildman–Crippen MR) is 77.9 cm³/mol. The SMILES string of the molecule is CCCNCC(C)CN1CCN(CC2CC2)CC1. The van der Waals surface area contributed by atoms with Gasteiger partial charge in [-0.3, -0.25) is 0 Å². The molecule has 0 aromatic carbocycles. The van der Waals surface area contributed by atoms with E-state index in [9.17, 15) is 0 Å². The zero-order chi connectivity index (χ0) is 12.8. The minimum Gasteiger partial charge on any atom is -0.316 e. The van der Waals surface area contributed by atoms with Crippen LogP contribution in [0.3, 0.4) is 0 Å². The molecule has 1 heterocycles. The van der Waals surface area contributed by atoms with Crippen molar-refractivity contribution in [2.24, 2.45) is 11.8 Å². The summed E-state index contributed by atoms with van der Waals surface area (Å²) >= 11 is 0. The molecule has 2 aliphatic rings. The van der Waals surface area contributed by atoms with Crippen LogP contribution in [-0.2, 0) is 0 Å². The first-order valence-electron chi connectivity index (χ1n) is 7.93. The van der Waals surface area contributed by atoms with Crippen LogP contribution in [0.1, 0.15) is 33.1 Å². The lowest BCUT2D eigenvalue weighted by molar-refractivity contribution is 0.116. The maximum Gasteiger partial charge on any atom is 0.0110 e. The van der Waals surface area contributed by atoms with E-state index in [1.54, 1.807) is 0 Å². The number of piperazine rings is 1. The van der Waals surface area contributed by atoms with E-state index >= 15 is 0 Å². The minimum absolute atomic E-state index is 0.784. The highest BCUT2D eigenvalue weighted by molar-refractivity contribution is 4.81. The molecular weight excluding hydrogens is 222 g/mol. The number of nitrogens with zero attached hydrogens (tertiary/aromatic N) is 2. The molecule has 3 heteroatoms. The summed E-state index contributed by atoms with van der Waals surface area (Å²) in [6, 6.07) is 0. The van der Waals surface area contributed by atoms with E-state index in [0.717, 1.165) is 11.8 Å². The number of rotatable bonds is 8. The molecule has 1 N–H and O–H groups in total. The van der Waals surface area contributed by atoms with Gasteiger partial charge in [0.1, 0.15) is 0 Å². The first-order valence-corrected chi connectivity index (χ1v) is 7.93. The zero-order valence-corrected chi connectivity index (χ0v) is 12.3. The van der Waals surface area contributed by atoms with Gasteiger partial charge in [0.2, 0.25) is 0 Å². The fourth-order valence-electron chi connectivity index (χ4n) is 2.85. The highest BCUT2D eigenvalue weighted by atomic mass is 15.3. The fourth-order valence-corrected chi connectivity index (χ4v) is 2.85. The first-order chi connectivity index (χ1) is 8.78. The average Bonchev–Trinajstić information content (AvgIpc) is 3.16. The van der Waals surface area contributed by atoms with Crippen LogP contribution in [0.15, 0.2) is 0 Å². The van der Waals surface area contributed by atoms with Gasteiger partial charge >= 0.3 is 0 Å². The van der Waals surface area contributed by atoms with E-state index in [2.05, 4.69) is 29.0 Å². The molecule has 0 aromatic heterocycles. The first kappa shape index (κ1) is 14.3. The van der Waals surface area contributed by atoms with Crippen molar-refractivity contribution in [2.75, 3.05) is 52.4 Å². The molecule has 2 rings (SSSR count). The lowest BCUT2D eigenvalue weighted by atomic mass is 10.1.